The van der Waals surface area contributed by atoms with E-state index in [1.165, 1.54) is 18.2 Å². The molecule has 0 aliphatic carbocycles. The van der Waals surface area contributed by atoms with Crippen molar-refractivity contribution < 1.29 is 16.8 Å². The maximum atomic E-state index is 12.2. The normalized spacial score (nSPS) is 22.5. The maximum Gasteiger partial charge on any atom is 0.244 e. The summed E-state index contributed by atoms with van der Waals surface area (Å²) in [7, 11) is -7.09. The molecule has 6 nitrogen and oxygen atoms in total. The lowest BCUT2D eigenvalue weighted by atomic mass is 10.3. The summed E-state index contributed by atoms with van der Waals surface area (Å²) in [6, 6.07) is 3.74. The van der Waals surface area contributed by atoms with Crippen molar-refractivity contribution in [2.24, 2.45) is 0 Å². The Morgan fingerprint density at radius 3 is 2.58 bits per heavy atom. The zero-order valence-electron chi connectivity index (χ0n) is 9.84. The van der Waals surface area contributed by atoms with Gasteiger partial charge in [0.1, 0.15) is 4.90 Å². The van der Waals surface area contributed by atoms with Crippen LogP contribution in [0, 0.1) is 0 Å². The Labute approximate surface area is 116 Å². The highest BCUT2D eigenvalue weighted by molar-refractivity contribution is 7.92. The van der Waals surface area contributed by atoms with Crippen molar-refractivity contribution in [3.05, 3.63) is 23.2 Å². The molecule has 0 saturated carbocycles. The van der Waals surface area contributed by atoms with E-state index in [1.807, 2.05) is 0 Å². The van der Waals surface area contributed by atoms with Gasteiger partial charge in [-0.3, -0.25) is 0 Å². The number of nitrogen functional groups attached to an aromatic ring is 1. The number of sulfonamides is 1. The summed E-state index contributed by atoms with van der Waals surface area (Å²) >= 11 is 5.84. The molecular formula is C10H13ClN2O4S2. The van der Waals surface area contributed by atoms with Gasteiger partial charge in [-0.15, -0.1) is 0 Å². The number of hydrogen-bond acceptors (Lipinski definition) is 5. The van der Waals surface area contributed by atoms with Crippen LogP contribution in [0.1, 0.15) is 6.42 Å². The van der Waals surface area contributed by atoms with Gasteiger partial charge in [0, 0.05) is 6.04 Å². The molecule has 1 aliphatic heterocycles. The number of hydrogen-bond donors (Lipinski definition) is 2. The van der Waals surface area contributed by atoms with Gasteiger partial charge < -0.3 is 5.73 Å². The Morgan fingerprint density at radius 2 is 2.05 bits per heavy atom. The van der Waals surface area contributed by atoms with E-state index in [-0.39, 0.29) is 33.5 Å². The van der Waals surface area contributed by atoms with Crippen LogP contribution >= 0.6 is 11.6 Å². The van der Waals surface area contributed by atoms with Crippen molar-refractivity contribution in [1.82, 2.24) is 4.72 Å². The van der Waals surface area contributed by atoms with Crippen LogP contribution in [0.5, 0.6) is 0 Å². The van der Waals surface area contributed by atoms with Crippen LogP contribution in [0.3, 0.4) is 0 Å². The summed E-state index contributed by atoms with van der Waals surface area (Å²) < 4.78 is 49.3. The standard InChI is InChI=1S/C10H13ClN2O4S2/c11-8-2-1-3-9(12)10(8)19(16,17)13-7-4-5-18(14,15)6-7/h1-3,7,13H,4-6,12H2. The predicted octanol–water partition coefficient (Wildman–Crippen LogP) is 0.388. The average Bonchev–Trinajstić information content (AvgIpc) is 2.56. The largest absolute Gasteiger partial charge is 0.398 e. The summed E-state index contributed by atoms with van der Waals surface area (Å²) in [5, 5.41) is 0.00774. The van der Waals surface area contributed by atoms with Crippen molar-refractivity contribution in [2.75, 3.05) is 17.2 Å². The van der Waals surface area contributed by atoms with E-state index in [4.69, 9.17) is 17.3 Å². The second-order valence-electron chi connectivity index (χ2n) is 4.38. The molecule has 0 bridgehead atoms. The first-order chi connectivity index (χ1) is 8.71. The van der Waals surface area contributed by atoms with E-state index in [9.17, 15) is 16.8 Å². The molecule has 0 radical (unpaired) electrons. The Hall–Kier alpha value is -0.830. The van der Waals surface area contributed by atoms with Gasteiger partial charge in [-0.25, -0.2) is 21.6 Å². The number of rotatable bonds is 3. The van der Waals surface area contributed by atoms with E-state index in [0.717, 1.165) is 0 Å². The third-order valence-electron chi connectivity index (χ3n) is 2.82. The van der Waals surface area contributed by atoms with E-state index in [1.54, 1.807) is 0 Å². The molecule has 106 valence electrons. The van der Waals surface area contributed by atoms with Crippen molar-refractivity contribution in [3.8, 4) is 0 Å². The number of sulfone groups is 1. The first kappa shape index (κ1) is 14.6. The summed E-state index contributed by atoms with van der Waals surface area (Å²) in [6.07, 6.45) is 0.256. The number of benzene rings is 1. The fourth-order valence-corrected chi connectivity index (χ4v) is 5.70. The minimum absolute atomic E-state index is 0.00774. The SMILES string of the molecule is Nc1cccc(Cl)c1S(=O)(=O)NC1CCS(=O)(=O)C1. The molecule has 9 heteroatoms. The molecule has 2 rings (SSSR count). The van der Waals surface area contributed by atoms with Gasteiger partial charge in [0.25, 0.3) is 0 Å². The zero-order valence-corrected chi connectivity index (χ0v) is 12.2. The lowest BCUT2D eigenvalue weighted by Crippen LogP contribution is -2.36. The van der Waals surface area contributed by atoms with Gasteiger partial charge in [-0.05, 0) is 18.6 Å². The van der Waals surface area contributed by atoms with Crippen LogP contribution in [-0.2, 0) is 19.9 Å². The number of nitrogens with one attached hydrogen (secondary N) is 1. The Kier molecular flexibility index (Phi) is 3.78. The van der Waals surface area contributed by atoms with Gasteiger partial charge in [0.05, 0.1) is 22.2 Å². The minimum atomic E-state index is -3.93. The molecule has 1 heterocycles. The lowest BCUT2D eigenvalue weighted by molar-refractivity contribution is 0.563. The Balaban J connectivity index is 2.29. The van der Waals surface area contributed by atoms with E-state index in [0.29, 0.717) is 0 Å². The molecule has 1 aromatic carbocycles. The fraction of sp³-hybridized carbons (Fsp3) is 0.400. The van der Waals surface area contributed by atoms with Crippen molar-refractivity contribution >= 4 is 37.1 Å². The van der Waals surface area contributed by atoms with Crippen LogP contribution in [-0.4, -0.2) is 34.4 Å². The van der Waals surface area contributed by atoms with Crippen molar-refractivity contribution in [2.45, 2.75) is 17.4 Å². The van der Waals surface area contributed by atoms with Gasteiger partial charge in [-0.2, -0.15) is 0 Å². The predicted molar refractivity (Wildman–Crippen MR) is 73.2 cm³/mol. The third kappa shape index (κ3) is 3.19. The van der Waals surface area contributed by atoms with Crippen LogP contribution < -0.4 is 10.5 Å². The molecule has 0 spiro atoms. The molecule has 1 unspecified atom stereocenters. The molecule has 1 atom stereocenters. The second-order valence-corrected chi connectivity index (χ2v) is 8.67. The Morgan fingerprint density at radius 1 is 1.37 bits per heavy atom. The summed E-state index contributed by atoms with van der Waals surface area (Å²) in [5.41, 5.74) is 5.64. The summed E-state index contributed by atoms with van der Waals surface area (Å²) in [6.45, 7) is 0. The molecule has 0 aromatic heterocycles. The molecule has 3 N–H and O–H groups in total. The monoisotopic (exact) mass is 324 g/mol. The molecule has 19 heavy (non-hydrogen) atoms. The van der Waals surface area contributed by atoms with Gasteiger partial charge >= 0.3 is 0 Å². The van der Waals surface area contributed by atoms with Crippen molar-refractivity contribution in [3.63, 3.8) is 0 Å². The minimum Gasteiger partial charge on any atom is -0.398 e. The number of halogens is 1. The molecule has 1 aliphatic rings. The molecule has 1 fully saturated rings. The van der Waals surface area contributed by atoms with E-state index < -0.39 is 25.9 Å². The summed E-state index contributed by atoms with van der Waals surface area (Å²) in [5.74, 6) is -0.214. The smallest absolute Gasteiger partial charge is 0.244 e. The highest BCUT2D eigenvalue weighted by Crippen LogP contribution is 2.27. The van der Waals surface area contributed by atoms with Gasteiger partial charge in [-0.1, -0.05) is 17.7 Å². The van der Waals surface area contributed by atoms with Crippen LogP contribution in [0.2, 0.25) is 5.02 Å². The summed E-state index contributed by atoms with van der Waals surface area (Å²) in [4.78, 5) is -0.207. The molecular weight excluding hydrogens is 312 g/mol. The van der Waals surface area contributed by atoms with Crippen molar-refractivity contribution in [1.29, 1.82) is 0 Å². The van der Waals surface area contributed by atoms with Crippen LogP contribution in [0.15, 0.2) is 23.1 Å². The molecule has 0 amide bonds. The topological polar surface area (TPSA) is 106 Å². The first-order valence-corrected chi connectivity index (χ1v) is 9.16. The third-order valence-corrected chi connectivity index (χ3v) is 6.65. The highest BCUT2D eigenvalue weighted by atomic mass is 35.5. The van der Waals surface area contributed by atoms with E-state index >= 15 is 0 Å². The fourth-order valence-electron chi connectivity index (χ4n) is 1.98. The number of anilines is 1. The average molecular weight is 325 g/mol. The van der Waals surface area contributed by atoms with Crippen LogP contribution in [0.4, 0.5) is 5.69 Å². The Bertz CT molecular complexity index is 680. The van der Waals surface area contributed by atoms with Gasteiger partial charge in [0.15, 0.2) is 9.84 Å². The van der Waals surface area contributed by atoms with E-state index in [2.05, 4.69) is 4.72 Å². The highest BCUT2D eigenvalue weighted by Gasteiger charge is 2.32. The molecule has 1 saturated heterocycles. The zero-order chi connectivity index (χ0) is 14.3. The second kappa shape index (κ2) is 4.93. The quantitative estimate of drug-likeness (QED) is 0.782. The van der Waals surface area contributed by atoms with Gasteiger partial charge in [0.2, 0.25) is 10.0 Å². The first-order valence-electron chi connectivity index (χ1n) is 5.48. The van der Waals surface area contributed by atoms with Crippen LogP contribution in [0.25, 0.3) is 0 Å². The maximum absolute atomic E-state index is 12.2. The molecule has 1 aromatic rings. The lowest BCUT2D eigenvalue weighted by Gasteiger charge is -2.14. The number of nitrogens with two attached hydrogens (primary N) is 1.